The lowest BCUT2D eigenvalue weighted by molar-refractivity contribution is 1.10. The van der Waals surface area contributed by atoms with Crippen LogP contribution < -0.4 is 5.73 Å². The van der Waals surface area contributed by atoms with Crippen molar-refractivity contribution < 1.29 is 0 Å². The molecular formula is C12H13N3S. The Kier molecular flexibility index (Phi) is 3.41. The fraction of sp³-hybridized carbons (Fsp3) is 0.167. The number of thioether (sulfide) groups is 1. The van der Waals surface area contributed by atoms with E-state index in [9.17, 15) is 0 Å². The molecule has 16 heavy (non-hydrogen) atoms. The molecule has 0 radical (unpaired) electrons. The van der Waals surface area contributed by atoms with Crippen LogP contribution in [0.15, 0.2) is 41.7 Å². The van der Waals surface area contributed by atoms with Crippen molar-refractivity contribution in [3.05, 3.63) is 48.0 Å². The van der Waals surface area contributed by atoms with Crippen molar-refractivity contribution >= 4 is 17.4 Å². The Hall–Kier alpha value is -1.55. The van der Waals surface area contributed by atoms with E-state index >= 15 is 0 Å². The van der Waals surface area contributed by atoms with Crippen molar-refractivity contribution in [2.75, 3.05) is 5.73 Å². The molecule has 0 saturated heterocycles. The zero-order chi connectivity index (χ0) is 11.4. The molecule has 3 nitrogen and oxygen atoms in total. The summed E-state index contributed by atoms with van der Waals surface area (Å²) in [5, 5.41) is 0. The zero-order valence-electron chi connectivity index (χ0n) is 9.05. The Bertz CT molecular complexity index is 471. The van der Waals surface area contributed by atoms with Gasteiger partial charge in [0, 0.05) is 34.9 Å². The summed E-state index contributed by atoms with van der Waals surface area (Å²) in [6.45, 7) is 2.08. The van der Waals surface area contributed by atoms with Crippen LogP contribution in [0.2, 0.25) is 0 Å². The molecular weight excluding hydrogens is 218 g/mol. The average molecular weight is 231 g/mol. The first kappa shape index (κ1) is 11.0. The van der Waals surface area contributed by atoms with Gasteiger partial charge in [-0.1, -0.05) is 6.07 Å². The van der Waals surface area contributed by atoms with Crippen LogP contribution in [0.3, 0.4) is 0 Å². The molecule has 1 heterocycles. The third kappa shape index (κ3) is 2.73. The molecule has 0 bridgehead atoms. The Labute approximate surface area is 99.1 Å². The maximum absolute atomic E-state index is 5.76. The third-order valence-electron chi connectivity index (χ3n) is 2.20. The van der Waals surface area contributed by atoms with E-state index in [2.05, 4.69) is 16.9 Å². The summed E-state index contributed by atoms with van der Waals surface area (Å²) >= 11 is 1.73. The number of nitrogens with zero attached hydrogens (tertiary/aromatic N) is 2. The van der Waals surface area contributed by atoms with Gasteiger partial charge in [-0.15, -0.1) is 11.8 Å². The summed E-state index contributed by atoms with van der Waals surface area (Å²) in [5.74, 6) is 0.818. The van der Waals surface area contributed by atoms with Gasteiger partial charge in [0.15, 0.2) is 0 Å². The Morgan fingerprint density at radius 3 is 2.94 bits per heavy atom. The molecule has 2 aromatic rings. The molecule has 0 unspecified atom stereocenters. The standard InChI is InChI=1S/C12H13N3S/c1-9-2-3-10(13)6-12(9)16-8-11-7-14-4-5-15-11/h2-7H,8,13H2,1H3. The van der Waals surface area contributed by atoms with E-state index in [-0.39, 0.29) is 0 Å². The maximum Gasteiger partial charge on any atom is 0.0689 e. The van der Waals surface area contributed by atoms with Crippen molar-refractivity contribution in [3.8, 4) is 0 Å². The van der Waals surface area contributed by atoms with Gasteiger partial charge in [-0.25, -0.2) is 0 Å². The molecule has 2 rings (SSSR count). The molecule has 2 N–H and O–H groups in total. The van der Waals surface area contributed by atoms with E-state index in [0.29, 0.717) is 0 Å². The van der Waals surface area contributed by atoms with Crippen LogP contribution in [-0.2, 0) is 5.75 Å². The van der Waals surface area contributed by atoms with Crippen LogP contribution in [0.1, 0.15) is 11.3 Å². The molecule has 0 aliphatic rings. The van der Waals surface area contributed by atoms with E-state index in [1.165, 1.54) is 10.5 Å². The second kappa shape index (κ2) is 4.99. The van der Waals surface area contributed by atoms with Crippen molar-refractivity contribution in [1.29, 1.82) is 0 Å². The Balaban J connectivity index is 2.08. The number of rotatable bonds is 3. The maximum atomic E-state index is 5.76. The van der Waals surface area contributed by atoms with Gasteiger partial charge >= 0.3 is 0 Å². The normalized spacial score (nSPS) is 10.3. The highest BCUT2D eigenvalue weighted by Crippen LogP contribution is 2.26. The first-order valence-electron chi connectivity index (χ1n) is 4.99. The van der Waals surface area contributed by atoms with Crippen LogP contribution in [0.5, 0.6) is 0 Å². The quantitative estimate of drug-likeness (QED) is 0.651. The van der Waals surface area contributed by atoms with Crippen molar-refractivity contribution in [1.82, 2.24) is 9.97 Å². The van der Waals surface area contributed by atoms with Gasteiger partial charge in [0.25, 0.3) is 0 Å². The molecule has 82 valence electrons. The zero-order valence-corrected chi connectivity index (χ0v) is 9.87. The summed E-state index contributed by atoms with van der Waals surface area (Å²) in [4.78, 5) is 9.47. The molecule has 0 atom stereocenters. The highest BCUT2D eigenvalue weighted by molar-refractivity contribution is 7.98. The van der Waals surface area contributed by atoms with Gasteiger partial charge in [-0.2, -0.15) is 0 Å². The van der Waals surface area contributed by atoms with E-state index in [4.69, 9.17) is 5.73 Å². The van der Waals surface area contributed by atoms with Crippen LogP contribution in [0.4, 0.5) is 5.69 Å². The summed E-state index contributed by atoms with van der Waals surface area (Å²) < 4.78 is 0. The lowest BCUT2D eigenvalue weighted by atomic mass is 10.2. The lowest BCUT2D eigenvalue weighted by Crippen LogP contribution is -1.90. The fourth-order valence-corrected chi connectivity index (χ4v) is 2.30. The first-order valence-corrected chi connectivity index (χ1v) is 5.98. The summed E-state index contributed by atoms with van der Waals surface area (Å²) in [6.07, 6.45) is 5.18. The highest BCUT2D eigenvalue weighted by Gasteiger charge is 2.01. The van der Waals surface area contributed by atoms with Crippen molar-refractivity contribution in [3.63, 3.8) is 0 Å². The summed E-state index contributed by atoms with van der Waals surface area (Å²) in [5.41, 5.74) is 8.77. The van der Waals surface area contributed by atoms with Gasteiger partial charge < -0.3 is 5.73 Å². The Morgan fingerprint density at radius 1 is 1.31 bits per heavy atom. The predicted octanol–water partition coefficient (Wildman–Crippen LogP) is 2.66. The summed E-state index contributed by atoms with van der Waals surface area (Å²) in [6, 6.07) is 5.95. The Morgan fingerprint density at radius 2 is 2.19 bits per heavy atom. The molecule has 0 spiro atoms. The summed E-state index contributed by atoms with van der Waals surface area (Å²) in [7, 11) is 0. The van der Waals surface area contributed by atoms with Crippen LogP contribution in [0, 0.1) is 6.92 Å². The molecule has 0 amide bonds. The number of nitrogens with two attached hydrogens (primary N) is 1. The second-order valence-corrected chi connectivity index (χ2v) is 4.53. The smallest absolute Gasteiger partial charge is 0.0689 e. The number of aryl methyl sites for hydroxylation is 1. The van der Waals surface area contributed by atoms with E-state index in [0.717, 1.165) is 17.1 Å². The fourth-order valence-electron chi connectivity index (χ4n) is 1.33. The minimum atomic E-state index is 0.798. The molecule has 0 aliphatic heterocycles. The van der Waals surface area contributed by atoms with Crippen LogP contribution >= 0.6 is 11.8 Å². The van der Waals surface area contributed by atoms with Gasteiger partial charge in [0.1, 0.15) is 0 Å². The van der Waals surface area contributed by atoms with Crippen molar-refractivity contribution in [2.24, 2.45) is 0 Å². The molecule has 1 aromatic heterocycles. The number of benzene rings is 1. The number of hydrogen-bond donors (Lipinski definition) is 1. The first-order chi connectivity index (χ1) is 7.75. The van der Waals surface area contributed by atoms with Crippen molar-refractivity contribution in [2.45, 2.75) is 17.6 Å². The predicted molar refractivity (Wildman–Crippen MR) is 67.2 cm³/mol. The van der Waals surface area contributed by atoms with Gasteiger partial charge in [-0.3, -0.25) is 9.97 Å². The number of nitrogen functional groups attached to an aromatic ring is 1. The third-order valence-corrected chi connectivity index (χ3v) is 3.40. The van der Waals surface area contributed by atoms with Gasteiger partial charge in [0.2, 0.25) is 0 Å². The lowest BCUT2D eigenvalue weighted by Gasteiger charge is -2.05. The van der Waals surface area contributed by atoms with Gasteiger partial charge in [-0.05, 0) is 24.6 Å². The molecule has 0 saturated carbocycles. The van der Waals surface area contributed by atoms with E-state index in [1.54, 1.807) is 30.4 Å². The second-order valence-electron chi connectivity index (χ2n) is 3.51. The number of hydrogen-bond acceptors (Lipinski definition) is 4. The molecule has 4 heteroatoms. The average Bonchev–Trinajstić information content (AvgIpc) is 2.32. The van der Waals surface area contributed by atoms with E-state index < -0.39 is 0 Å². The van der Waals surface area contributed by atoms with Crippen LogP contribution in [0.25, 0.3) is 0 Å². The van der Waals surface area contributed by atoms with E-state index in [1.807, 2.05) is 18.2 Å². The number of anilines is 1. The molecule has 0 aliphatic carbocycles. The largest absolute Gasteiger partial charge is 0.399 e. The molecule has 1 aromatic carbocycles. The minimum absolute atomic E-state index is 0.798. The monoisotopic (exact) mass is 231 g/mol. The number of aromatic nitrogens is 2. The topological polar surface area (TPSA) is 51.8 Å². The van der Waals surface area contributed by atoms with Gasteiger partial charge in [0.05, 0.1) is 5.69 Å². The highest BCUT2D eigenvalue weighted by atomic mass is 32.2. The minimum Gasteiger partial charge on any atom is -0.399 e. The van der Waals surface area contributed by atoms with Crippen LogP contribution in [-0.4, -0.2) is 9.97 Å². The molecule has 0 fully saturated rings. The SMILES string of the molecule is Cc1ccc(N)cc1SCc1cnccn1.